The largest absolute Gasteiger partial charge is 0.304 e. The van der Waals surface area contributed by atoms with Gasteiger partial charge in [-0.05, 0) is 30.2 Å². The molecule has 21 heavy (non-hydrogen) atoms. The van der Waals surface area contributed by atoms with Crippen molar-refractivity contribution in [3.8, 4) is 0 Å². The summed E-state index contributed by atoms with van der Waals surface area (Å²) in [7, 11) is 0. The second kappa shape index (κ2) is 6.61. The number of piperazine rings is 1. The Morgan fingerprint density at radius 1 is 0.952 bits per heavy atom. The van der Waals surface area contributed by atoms with Crippen molar-refractivity contribution in [2.24, 2.45) is 0 Å². The van der Waals surface area contributed by atoms with Gasteiger partial charge in [0.05, 0.1) is 18.4 Å². The summed E-state index contributed by atoms with van der Waals surface area (Å²) >= 11 is 5.94. The molecule has 1 aliphatic heterocycles. The lowest BCUT2D eigenvalue weighted by Gasteiger charge is -2.38. The first kappa shape index (κ1) is 6.04. The maximum atomic E-state index is 8.45. The molecule has 1 heterocycles. The molecule has 0 bridgehead atoms. The lowest BCUT2D eigenvalue weighted by atomic mass is 9.96. The van der Waals surface area contributed by atoms with Crippen LogP contribution in [0.2, 0.25) is 5.02 Å². The summed E-state index contributed by atoms with van der Waals surface area (Å²) in [6, 6.07) is -6.10. The first-order chi connectivity index (χ1) is 15.2. The summed E-state index contributed by atoms with van der Waals surface area (Å²) in [4.78, 5) is 2.88. The molecule has 3 rings (SSSR count). The minimum atomic E-state index is -2.33. The average Bonchev–Trinajstić information content (AvgIpc) is 2.77. The summed E-state index contributed by atoms with van der Waals surface area (Å²) in [5.41, 5.74) is -0.387. The van der Waals surface area contributed by atoms with E-state index in [9.17, 15) is 0 Å². The van der Waals surface area contributed by atoms with Gasteiger partial charge in [-0.3, -0.25) is 4.90 Å². The van der Waals surface area contributed by atoms with Gasteiger partial charge in [-0.2, -0.15) is 0 Å². The number of nitrogens with zero attached hydrogens (tertiary/aromatic N) is 2. The molecule has 0 radical (unpaired) electrons. The number of hydrogen-bond donors (Lipinski definition) is 0. The molecule has 2 aromatic carbocycles. The molecule has 0 saturated carbocycles. The van der Waals surface area contributed by atoms with Crippen molar-refractivity contribution in [2.45, 2.75) is 6.04 Å². The van der Waals surface area contributed by atoms with Crippen LogP contribution in [0.1, 0.15) is 33.6 Å². The van der Waals surface area contributed by atoms with E-state index in [4.69, 9.17) is 28.1 Å². The first-order valence-electron chi connectivity index (χ1n) is 12.5. The number of likely N-dealkylation sites (N-methyl/N-ethyl adjacent to an activating group) is 1. The Morgan fingerprint density at radius 3 is 2.19 bits per heavy atom. The summed E-state index contributed by atoms with van der Waals surface area (Å²) in [5.74, 6) is 0. The van der Waals surface area contributed by atoms with Gasteiger partial charge in [0.15, 0.2) is 0 Å². The zero-order chi connectivity index (χ0) is 25.0. The van der Waals surface area contributed by atoms with Crippen LogP contribution < -0.4 is 0 Å². The maximum Gasteiger partial charge on any atom is 0.0639 e. The highest BCUT2D eigenvalue weighted by molar-refractivity contribution is 6.30. The van der Waals surface area contributed by atoms with Gasteiger partial charge in [0, 0.05) is 35.3 Å². The van der Waals surface area contributed by atoms with Gasteiger partial charge in [-0.15, -0.1) is 0 Å². The molecule has 0 aromatic heterocycles. The highest BCUT2D eigenvalue weighted by Crippen LogP contribution is 2.30. The van der Waals surface area contributed by atoms with Crippen LogP contribution >= 0.6 is 11.6 Å². The molecule has 2 nitrogen and oxygen atoms in total. The van der Waals surface area contributed by atoms with Gasteiger partial charge in [0.25, 0.3) is 0 Å². The summed E-state index contributed by atoms with van der Waals surface area (Å²) in [6.45, 7) is -2.01. The SMILES string of the molecule is [2H]c1c([2H])c([2H])c(C(c2c([2H])c([2H])c(Cl)c([2H])c2[2H])N2CCN(C([2H])([2H])[2H])CC2)c([2H])c1[2H]. The topological polar surface area (TPSA) is 6.48 Å². The van der Waals surface area contributed by atoms with Crippen molar-refractivity contribution in [3.05, 3.63) is 70.5 Å². The predicted octanol–water partition coefficient (Wildman–Crippen LogP) is 3.68. The van der Waals surface area contributed by atoms with E-state index < -0.39 is 67.4 Å². The van der Waals surface area contributed by atoms with E-state index >= 15 is 0 Å². The van der Waals surface area contributed by atoms with Crippen LogP contribution in [0.25, 0.3) is 0 Å². The Hall–Kier alpha value is -1.35. The van der Waals surface area contributed by atoms with Crippen LogP contribution in [0.15, 0.2) is 54.4 Å². The molecule has 2 aromatic rings. The monoisotopic (exact) mass is 312 g/mol. The van der Waals surface area contributed by atoms with E-state index in [-0.39, 0.29) is 42.3 Å². The molecule has 0 amide bonds. The van der Waals surface area contributed by atoms with E-state index in [0.29, 0.717) is 0 Å². The third kappa shape index (κ3) is 3.46. The zero-order valence-corrected chi connectivity index (χ0v) is 11.9. The Morgan fingerprint density at radius 2 is 1.57 bits per heavy atom. The smallest absolute Gasteiger partial charge is 0.0639 e. The minimum absolute atomic E-state index is 0.0708. The lowest BCUT2D eigenvalue weighted by Crippen LogP contribution is -2.46. The maximum absolute atomic E-state index is 8.45. The summed E-state index contributed by atoms with van der Waals surface area (Å²) in [6.07, 6.45) is 0. The van der Waals surface area contributed by atoms with Crippen molar-refractivity contribution < 1.29 is 16.4 Å². The van der Waals surface area contributed by atoms with Gasteiger partial charge in [0.2, 0.25) is 0 Å². The van der Waals surface area contributed by atoms with Crippen LogP contribution in [-0.2, 0) is 0 Å². The van der Waals surface area contributed by atoms with Crippen LogP contribution in [0.4, 0.5) is 0 Å². The third-order valence-corrected chi connectivity index (χ3v) is 3.55. The molecule has 1 saturated heterocycles. The van der Waals surface area contributed by atoms with Crippen molar-refractivity contribution in [1.29, 1.82) is 0 Å². The molecule has 1 unspecified atom stereocenters. The third-order valence-electron chi connectivity index (χ3n) is 3.36. The van der Waals surface area contributed by atoms with Crippen molar-refractivity contribution in [1.82, 2.24) is 9.80 Å². The molecule has 0 aliphatic carbocycles. The van der Waals surface area contributed by atoms with Gasteiger partial charge >= 0.3 is 0 Å². The number of halogens is 1. The highest BCUT2D eigenvalue weighted by Gasteiger charge is 2.25. The standard InChI is InChI=1S/C18H21ClN2/c1-20-11-13-21(14-12-20)18(15-5-3-2-4-6-15)16-7-9-17(19)10-8-16/h2-10,18H,11-14H2,1H3/i1D3,2D,3D,4D,5D,6D,7D,8D,9D,10D. The normalized spacial score (nSPS) is 27.3. The molecule has 1 fully saturated rings. The summed E-state index contributed by atoms with van der Waals surface area (Å²) in [5, 5.41) is -0.388. The Kier molecular flexibility index (Phi) is 1.90. The average molecular weight is 313 g/mol. The quantitative estimate of drug-likeness (QED) is 0.853. The number of hydrogen-bond acceptors (Lipinski definition) is 2. The van der Waals surface area contributed by atoms with Crippen molar-refractivity contribution in [2.75, 3.05) is 33.2 Å². The van der Waals surface area contributed by atoms with Crippen molar-refractivity contribution in [3.63, 3.8) is 0 Å². The predicted molar refractivity (Wildman–Crippen MR) is 88.8 cm³/mol. The Labute approximate surface area is 148 Å². The van der Waals surface area contributed by atoms with Crippen LogP contribution in [-0.4, -0.2) is 43.0 Å². The van der Waals surface area contributed by atoms with E-state index in [0.717, 1.165) is 0 Å². The van der Waals surface area contributed by atoms with Gasteiger partial charge in [-0.25, -0.2) is 0 Å². The lowest BCUT2D eigenvalue weighted by molar-refractivity contribution is 0.127. The number of benzene rings is 2. The highest BCUT2D eigenvalue weighted by atomic mass is 35.5. The van der Waals surface area contributed by atoms with E-state index in [2.05, 4.69) is 0 Å². The zero-order valence-electron chi connectivity index (χ0n) is 23.2. The van der Waals surface area contributed by atoms with Crippen molar-refractivity contribution >= 4 is 11.6 Å². The second-order valence-corrected chi connectivity index (χ2v) is 5.07. The molecule has 1 atom stereocenters. The fraction of sp³-hybridized carbons (Fsp3) is 0.333. The van der Waals surface area contributed by atoms with Gasteiger partial charge in [0.1, 0.15) is 0 Å². The summed E-state index contributed by atoms with van der Waals surface area (Å²) < 4.78 is 96.8. The fourth-order valence-corrected chi connectivity index (χ4v) is 2.42. The second-order valence-electron chi connectivity index (χ2n) is 4.69. The molecule has 110 valence electrons. The Bertz CT molecular complexity index is 968. The fourth-order valence-electron chi connectivity index (χ4n) is 2.33. The van der Waals surface area contributed by atoms with Crippen LogP contribution in [0.3, 0.4) is 0 Å². The van der Waals surface area contributed by atoms with Gasteiger partial charge < -0.3 is 4.90 Å². The van der Waals surface area contributed by atoms with Gasteiger partial charge in [-0.1, -0.05) is 53.9 Å². The first-order valence-corrected chi connectivity index (χ1v) is 6.89. The molecular weight excluding hydrogens is 280 g/mol. The van der Waals surface area contributed by atoms with E-state index in [1.807, 2.05) is 0 Å². The minimum Gasteiger partial charge on any atom is -0.304 e. The molecule has 0 N–H and O–H groups in total. The van der Waals surface area contributed by atoms with E-state index in [1.54, 1.807) is 4.90 Å². The molecule has 0 spiro atoms. The van der Waals surface area contributed by atoms with Crippen LogP contribution in [0, 0.1) is 0 Å². The molecule has 1 aliphatic rings. The molecule has 3 heteroatoms. The Balaban J connectivity index is 2.28. The number of rotatable bonds is 3. The molecular formula is C18H21ClN2. The van der Waals surface area contributed by atoms with Crippen LogP contribution in [0.5, 0.6) is 0 Å². The van der Waals surface area contributed by atoms with E-state index in [1.165, 1.54) is 4.90 Å².